The molecule has 1 radical (unpaired) electrons. The van der Waals surface area contributed by atoms with Gasteiger partial charge in [0.05, 0.1) is 0 Å². The minimum atomic E-state index is 1.16. The quantitative estimate of drug-likeness (QED) is 0.642. The van der Waals surface area contributed by atoms with Gasteiger partial charge in [-0.15, -0.1) is 11.3 Å². The summed E-state index contributed by atoms with van der Waals surface area (Å²) < 4.78 is 1.29. The summed E-state index contributed by atoms with van der Waals surface area (Å²) >= 11 is 4.03. The summed E-state index contributed by atoms with van der Waals surface area (Å²) in [4.78, 5) is 1.16. The second-order valence-electron chi connectivity index (χ2n) is 2.39. The Kier molecular flexibility index (Phi) is 1.89. The van der Waals surface area contributed by atoms with Gasteiger partial charge in [-0.1, -0.05) is 6.07 Å². The zero-order valence-corrected chi connectivity index (χ0v) is 8.78. The highest BCUT2D eigenvalue weighted by atomic mass is 127. The molecule has 1 aromatic carbocycles. The number of hydrogen-bond donors (Lipinski definition) is 0. The average Bonchev–Trinajstić information content (AvgIpc) is 2.32. The van der Waals surface area contributed by atoms with Gasteiger partial charge in [-0.25, -0.2) is 0 Å². The van der Waals surface area contributed by atoms with Gasteiger partial charge in [-0.3, -0.25) is 0 Å². The molecule has 2 aromatic rings. The molecule has 0 saturated heterocycles. The van der Waals surface area contributed by atoms with Crippen LogP contribution in [0.5, 0.6) is 0 Å². The van der Waals surface area contributed by atoms with Crippen LogP contribution < -0.4 is 0 Å². The van der Waals surface area contributed by atoms with Gasteiger partial charge >= 0.3 is 0 Å². The Hall–Kier alpha value is -0.0900. The van der Waals surface area contributed by atoms with E-state index >= 15 is 0 Å². The maximum Gasteiger partial charge on any atom is 0.0136 e. The Balaban J connectivity index is 2.86. The summed E-state index contributed by atoms with van der Waals surface area (Å²) in [6.07, 6.45) is 0. The molecular formula is C9H6IS. The first-order chi connectivity index (χ1) is 5.27. The van der Waals surface area contributed by atoms with E-state index in [0.29, 0.717) is 0 Å². The molecule has 0 atom stereocenters. The molecular weight excluding hydrogens is 267 g/mol. The van der Waals surface area contributed by atoms with Crippen molar-refractivity contribution < 1.29 is 0 Å². The normalized spacial score (nSPS) is 10.7. The third kappa shape index (κ3) is 1.29. The fourth-order valence-electron chi connectivity index (χ4n) is 1.08. The first kappa shape index (κ1) is 7.55. The number of rotatable bonds is 0. The van der Waals surface area contributed by atoms with Gasteiger partial charge in [-0.05, 0) is 57.8 Å². The molecule has 1 aromatic heterocycles. The molecule has 0 nitrogen and oxygen atoms in total. The second-order valence-corrected chi connectivity index (χ2v) is 4.60. The first-order valence-electron chi connectivity index (χ1n) is 3.26. The summed E-state index contributed by atoms with van der Waals surface area (Å²) in [5.74, 6) is 0. The molecule has 0 aliphatic carbocycles. The van der Waals surface area contributed by atoms with Crippen LogP contribution in [0.2, 0.25) is 0 Å². The molecule has 0 unspecified atom stereocenters. The van der Waals surface area contributed by atoms with Crippen molar-refractivity contribution in [2.45, 2.75) is 0 Å². The SMILES string of the molecule is [CH2]c1scc2cc(I)ccc12. The van der Waals surface area contributed by atoms with Crippen molar-refractivity contribution in [1.82, 2.24) is 0 Å². The van der Waals surface area contributed by atoms with Crippen LogP contribution in [-0.2, 0) is 0 Å². The van der Waals surface area contributed by atoms with Crippen molar-refractivity contribution in [3.05, 3.63) is 39.0 Å². The highest BCUT2D eigenvalue weighted by Gasteiger charge is 1.98. The van der Waals surface area contributed by atoms with E-state index in [-0.39, 0.29) is 0 Å². The second kappa shape index (κ2) is 2.75. The van der Waals surface area contributed by atoms with Crippen LogP contribution in [-0.4, -0.2) is 0 Å². The van der Waals surface area contributed by atoms with E-state index in [9.17, 15) is 0 Å². The monoisotopic (exact) mass is 273 g/mol. The Bertz CT molecular complexity index is 389. The summed E-state index contributed by atoms with van der Waals surface area (Å²) in [6.45, 7) is 3.95. The topological polar surface area (TPSA) is 0 Å². The molecule has 0 aliphatic rings. The molecule has 0 amide bonds. The van der Waals surface area contributed by atoms with E-state index in [4.69, 9.17) is 0 Å². The molecule has 11 heavy (non-hydrogen) atoms. The van der Waals surface area contributed by atoms with Gasteiger partial charge in [0.2, 0.25) is 0 Å². The molecule has 0 bridgehead atoms. The molecule has 2 heteroatoms. The maximum absolute atomic E-state index is 3.95. The molecule has 1 heterocycles. The summed E-state index contributed by atoms with van der Waals surface area (Å²) in [6, 6.07) is 6.43. The van der Waals surface area contributed by atoms with Gasteiger partial charge in [0, 0.05) is 8.45 Å². The smallest absolute Gasteiger partial charge is 0.0136 e. The molecule has 0 fully saturated rings. The largest absolute Gasteiger partial charge is 0.148 e. The van der Waals surface area contributed by atoms with Crippen LogP contribution in [0.4, 0.5) is 0 Å². The minimum absolute atomic E-state index is 1.16. The van der Waals surface area contributed by atoms with Crippen molar-refractivity contribution in [1.29, 1.82) is 0 Å². The Morgan fingerprint density at radius 2 is 2.18 bits per heavy atom. The van der Waals surface area contributed by atoms with E-state index in [0.717, 1.165) is 4.88 Å². The number of fused-ring (bicyclic) bond motifs is 1. The Morgan fingerprint density at radius 3 is 3.00 bits per heavy atom. The van der Waals surface area contributed by atoms with Crippen LogP contribution in [0.1, 0.15) is 4.88 Å². The molecule has 0 N–H and O–H groups in total. The zero-order valence-electron chi connectivity index (χ0n) is 5.80. The van der Waals surface area contributed by atoms with Crippen molar-refractivity contribution in [2.75, 3.05) is 0 Å². The van der Waals surface area contributed by atoms with Gasteiger partial charge < -0.3 is 0 Å². The summed E-state index contributed by atoms with van der Waals surface area (Å²) in [5, 5.41) is 4.75. The lowest BCUT2D eigenvalue weighted by Gasteiger charge is -1.91. The van der Waals surface area contributed by atoms with E-state index in [1.54, 1.807) is 11.3 Å². The lowest BCUT2D eigenvalue weighted by atomic mass is 10.2. The Morgan fingerprint density at radius 1 is 1.36 bits per heavy atom. The van der Waals surface area contributed by atoms with Gasteiger partial charge in [0.1, 0.15) is 0 Å². The lowest BCUT2D eigenvalue weighted by molar-refractivity contribution is 1.74. The van der Waals surface area contributed by atoms with Crippen LogP contribution >= 0.6 is 33.9 Å². The minimum Gasteiger partial charge on any atom is -0.148 e. The lowest BCUT2D eigenvalue weighted by Crippen LogP contribution is -1.69. The maximum atomic E-state index is 3.95. The van der Waals surface area contributed by atoms with Crippen LogP contribution in [0.25, 0.3) is 10.8 Å². The molecule has 2 rings (SSSR count). The third-order valence-corrected chi connectivity index (χ3v) is 3.19. The highest BCUT2D eigenvalue weighted by Crippen LogP contribution is 2.25. The standard InChI is InChI=1S/C9H6IS/c1-6-9-3-2-8(10)4-7(9)5-11-6/h2-5H,1H2. The van der Waals surface area contributed by atoms with Crippen molar-refractivity contribution >= 4 is 44.7 Å². The van der Waals surface area contributed by atoms with Crippen LogP contribution in [0, 0.1) is 10.5 Å². The van der Waals surface area contributed by atoms with E-state index in [1.807, 2.05) is 0 Å². The number of benzene rings is 1. The fraction of sp³-hybridized carbons (Fsp3) is 0. The molecule has 0 spiro atoms. The highest BCUT2D eigenvalue weighted by molar-refractivity contribution is 14.1. The van der Waals surface area contributed by atoms with Crippen molar-refractivity contribution in [3.63, 3.8) is 0 Å². The predicted molar refractivity (Wildman–Crippen MR) is 59.0 cm³/mol. The molecule has 55 valence electrons. The van der Waals surface area contributed by atoms with Gasteiger partial charge in [0.25, 0.3) is 0 Å². The first-order valence-corrected chi connectivity index (χ1v) is 5.22. The number of halogens is 1. The zero-order chi connectivity index (χ0) is 7.84. The van der Waals surface area contributed by atoms with Crippen LogP contribution in [0.15, 0.2) is 23.6 Å². The number of hydrogen-bond acceptors (Lipinski definition) is 1. The van der Waals surface area contributed by atoms with Crippen LogP contribution in [0.3, 0.4) is 0 Å². The van der Waals surface area contributed by atoms with Gasteiger partial charge in [0.15, 0.2) is 0 Å². The third-order valence-electron chi connectivity index (χ3n) is 1.64. The predicted octanol–water partition coefficient (Wildman–Crippen LogP) is 3.69. The van der Waals surface area contributed by atoms with Crippen molar-refractivity contribution in [3.8, 4) is 0 Å². The summed E-state index contributed by atoms with van der Waals surface area (Å²) in [7, 11) is 0. The molecule has 0 saturated carbocycles. The fourth-order valence-corrected chi connectivity index (χ4v) is 2.38. The van der Waals surface area contributed by atoms with E-state index < -0.39 is 0 Å². The average molecular weight is 273 g/mol. The van der Waals surface area contributed by atoms with Crippen molar-refractivity contribution in [2.24, 2.45) is 0 Å². The molecule has 0 aliphatic heterocycles. The van der Waals surface area contributed by atoms with Gasteiger partial charge in [-0.2, -0.15) is 0 Å². The Labute approximate surface area is 83.4 Å². The summed E-state index contributed by atoms with van der Waals surface area (Å²) in [5.41, 5.74) is 0. The number of thiophene rings is 1. The van der Waals surface area contributed by atoms with E-state index in [2.05, 4.69) is 53.1 Å². The van der Waals surface area contributed by atoms with E-state index in [1.165, 1.54) is 14.3 Å².